The number of benzene rings is 2. The van der Waals surface area contributed by atoms with Crippen LogP contribution in [0.4, 0.5) is 18.0 Å². The minimum absolute atomic E-state index is 0.0127. The summed E-state index contributed by atoms with van der Waals surface area (Å²) in [5.41, 5.74) is 1.66. The molecule has 0 unspecified atom stereocenters. The molecule has 198 valence electrons. The quantitative estimate of drug-likeness (QED) is 0.352. The minimum atomic E-state index is -0.713. The number of carbonyl (C=O) groups excluding carboxylic acids is 2. The lowest BCUT2D eigenvalue weighted by Gasteiger charge is -2.36. The van der Waals surface area contributed by atoms with Gasteiger partial charge in [0.1, 0.15) is 29.1 Å². The molecule has 1 aliphatic carbocycles. The van der Waals surface area contributed by atoms with Gasteiger partial charge in [-0.1, -0.05) is 6.92 Å². The van der Waals surface area contributed by atoms with Gasteiger partial charge in [-0.05, 0) is 93.3 Å². The molecule has 4 rings (SSSR count). The van der Waals surface area contributed by atoms with Gasteiger partial charge in [-0.15, -0.1) is 0 Å². The van der Waals surface area contributed by atoms with E-state index in [4.69, 9.17) is 4.74 Å². The molecule has 0 spiro atoms. The molecule has 2 amide bonds. The van der Waals surface area contributed by atoms with Crippen molar-refractivity contribution in [1.82, 2.24) is 15.6 Å². The first kappa shape index (κ1) is 26.6. The van der Waals surface area contributed by atoms with Gasteiger partial charge in [-0.2, -0.15) is 0 Å². The Morgan fingerprint density at radius 2 is 1.76 bits per heavy atom. The second kappa shape index (κ2) is 10.5. The maximum absolute atomic E-state index is 14.6. The summed E-state index contributed by atoms with van der Waals surface area (Å²) >= 11 is 0. The van der Waals surface area contributed by atoms with Gasteiger partial charge in [0.15, 0.2) is 0 Å². The SMILES string of the molecule is CC[C@@H](NC(=O)OC(C)(C)C)C(=O)NCC1CC(c2c(-c3ccc(F)cc3)[nH]c3c(F)cc(F)cc23)C1. The molecule has 0 saturated heterocycles. The van der Waals surface area contributed by atoms with Crippen LogP contribution in [0.25, 0.3) is 22.2 Å². The van der Waals surface area contributed by atoms with E-state index >= 15 is 0 Å². The third kappa shape index (κ3) is 6.09. The maximum Gasteiger partial charge on any atom is 0.408 e. The van der Waals surface area contributed by atoms with E-state index in [1.165, 1.54) is 18.2 Å². The van der Waals surface area contributed by atoms with Crippen LogP contribution in [0.3, 0.4) is 0 Å². The fraction of sp³-hybridized carbons (Fsp3) is 0.429. The zero-order chi connectivity index (χ0) is 26.9. The number of nitrogens with one attached hydrogen (secondary N) is 3. The third-order valence-electron chi connectivity index (χ3n) is 6.62. The van der Waals surface area contributed by atoms with Crippen molar-refractivity contribution in [2.45, 2.75) is 64.5 Å². The highest BCUT2D eigenvalue weighted by atomic mass is 19.1. The number of alkyl carbamates (subject to hydrolysis) is 1. The predicted molar refractivity (Wildman–Crippen MR) is 136 cm³/mol. The van der Waals surface area contributed by atoms with Gasteiger partial charge in [0, 0.05) is 18.0 Å². The molecule has 6 nitrogen and oxygen atoms in total. The second-order valence-electron chi connectivity index (χ2n) is 10.6. The second-order valence-corrected chi connectivity index (χ2v) is 10.6. The number of halogens is 3. The Hall–Kier alpha value is -3.49. The van der Waals surface area contributed by atoms with Crippen molar-refractivity contribution in [2.75, 3.05) is 6.54 Å². The summed E-state index contributed by atoms with van der Waals surface area (Å²) < 4.78 is 47.4. The van der Waals surface area contributed by atoms with Crippen LogP contribution in [0.15, 0.2) is 36.4 Å². The van der Waals surface area contributed by atoms with Crippen molar-refractivity contribution in [3.63, 3.8) is 0 Å². The van der Waals surface area contributed by atoms with Crippen molar-refractivity contribution in [1.29, 1.82) is 0 Å². The van der Waals surface area contributed by atoms with E-state index in [1.807, 2.05) is 0 Å². The molecule has 0 radical (unpaired) electrons. The summed E-state index contributed by atoms with van der Waals surface area (Å²) in [5, 5.41) is 5.97. The van der Waals surface area contributed by atoms with Gasteiger partial charge in [0.2, 0.25) is 5.91 Å². The molecule has 2 aromatic carbocycles. The fourth-order valence-electron chi connectivity index (χ4n) is 4.82. The number of rotatable bonds is 7. The Morgan fingerprint density at radius 1 is 1.08 bits per heavy atom. The minimum Gasteiger partial charge on any atom is -0.444 e. The van der Waals surface area contributed by atoms with Crippen molar-refractivity contribution in [3.8, 4) is 11.3 Å². The number of aromatic nitrogens is 1. The Balaban J connectivity index is 1.44. The first-order valence-electron chi connectivity index (χ1n) is 12.5. The van der Waals surface area contributed by atoms with E-state index in [9.17, 15) is 22.8 Å². The molecular weight excluding hydrogens is 483 g/mol. The summed E-state index contributed by atoms with van der Waals surface area (Å²) in [7, 11) is 0. The lowest BCUT2D eigenvalue weighted by atomic mass is 9.70. The highest BCUT2D eigenvalue weighted by Gasteiger charge is 2.35. The van der Waals surface area contributed by atoms with Gasteiger partial charge in [0.25, 0.3) is 0 Å². The zero-order valence-corrected chi connectivity index (χ0v) is 21.4. The van der Waals surface area contributed by atoms with Crippen LogP contribution in [-0.4, -0.2) is 35.2 Å². The molecule has 9 heteroatoms. The highest BCUT2D eigenvalue weighted by Crippen LogP contribution is 2.48. The molecule has 0 bridgehead atoms. The number of carbonyl (C=O) groups is 2. The van der Waals surface area contributed by atoms with Crippen molar-refractivity contribution < 1.29 is 27.5 Å². The van der Waals surface area contributed by atoms with Crippen LogP contribution in [-0.2, 0) is 9.53 Å². The summed E-state index contributed by atoms with van der Waals surface area (Å²) in [5.74, 6) is -1.85. The molecule has 37 heavy (non-hydrogen) atoms. The number of fused-ring (bicyclic) bond motifs is 1. The molecule has 0 aliphatic heterocycles. The molecule has 1 saturated carbocycles. The topological polar surface area (TPSA) is 83.2 Å². The molecular formula is C28H32F3N3O3. The number of amides is 2. The van der Waals surface area contributed by atoms with E-state index in [2.05, 4.69) is 15.6 Å². The number of H-pyrrole nitrogens is 1. The lowest BCUT2D eigenvalue weighted by molar-refractivity contribution is -0.123. The smallest absolute Gasteiger partial charge is 0.408 e. The van der Waals surface area contributed by atoms with E-state index < -0.39 is 29.4 Å². The normalized spacial score (nSPS) is 18.2. The first-order chi connectivity index (χ1) is 17.4. The van der Waals surface area contributed by atoms with Gasteiger partial charge < -0.3 is 20.4 Å². The van der Waals surface area contributed by atoms with Crippen molar-refractivity contribution in [2.24, 2.45) is 5.92 Å². The summed E-state index contributed by atoms with van der Waals surface area (Å²) in [6.45, 7) is 7.46. The van der Waals surface area contributed by atoms with Crippen LogP contribution in [0.2, 0.25) is 0 Å². The van der Waals surface area contributed by atoms with Crippen LogP contribution < -0.4 is 10.6 Å². The average Bonchev–Trinajstić information content (AvgIpc) is 3.15. The van der Waals surface area contributed by atoms with Crippen LogP contribution in [0.1, 0.15) is 58.4 Å². The number of hydrogen-bond acceptors (Lipinski definition) is 3. The highest BCUT2D eigenvalue weighted by molar-refractivity contribution is 5.92. The predicted octanol–water partition coefficient (Wildman–Crippen LogP) is 6.17. The van der Waals surface area contributed by atoms with Crippen LogP contribution in [0, 0.1) is 23.4 Å². The van der Waals surface area contributed by atoms with E-state index in [0.29, 0.717) is 42.5 Å². The number of hydrogen-bond donors (Lipinski definition) is 3. The molecule has 3 N–H and O–H groups in total. The number of aromatic amines is 1. The van der Waals surface area contributed by atoms with E-state index in [0.717, 1.165) is 11.6 Å². The Labute approximate surface area is 214 Å². The van der Waals surface area contributed by atoms with Gasteiger partial charge in [0.05, 0.1) is 11.2 Å². The Bertz CT molecular complexity index is 1290. The Morgan fingerprint density at radius 3 is 2.38 bits per heavy atom. The van der Waals surface area contributed by atoms with Crippen LogP contribution >= 0.6 is 0 Å². The van der Waals surface area contributed by atoms with E-state index in [1.54, 1.807) is 39.8 Å². The first-order valence-corrected chi connectivity index (χ1v) is 12.5. The molecule has 3 aromatic rings. The van der Waals surface area contributed by atoms with Crippen molar-refractivity contribution in [3.05, 3.63) is 59.4 Å². The van der Waals surface area contributed by atoms with Gasteiger partial charge in [-0.3, -0.25) is 4.79 Å². The Kier molecular flexibility index (Phi) is 7.52. The van der Waals surface area contributed by atoms with Gasteiger partial charge in [-0.25, -0.2) is 18.0 Å². The van der Waals surface area contributed by atoms with Crippen LogP contribution in [0.5, 0.6) is 0 Å². The zero-order valence-electron chi connectivity index (χ0n) is 21.4. The lowest BCUT2D eigenvalue weighted by Crippen LogP contribution is -2.49. The molecule has 1 atom stereocenters. The molecule has 1 aromatic heterocycles. The summed E-state index contributed by atoms with van der Waals surface area (Å²) in [6, 6.07) is 7.32. The molecule has 1 fully saturated rings. The summed E-state index contributed by atoms with van der Waals surface area (Å²) in [6.07, 6.45) is 1.17. The number of ether oxygens (including phenoxy) is 1. The van der Waals surface area contributed by atoms with E-state index in [-0.39, 0.29) is 29.1 Å². The third-order valence-corrected chi connectivity index (χ3v) is 6.62. The average molecular weight is 516 g/mol. The molecule has 1 aliphatic rings. The maximum atomic E-state index is 14.6. The van der Waals surface area contributed by atoms with Crippen molar-refractivity contribution >= 4 is 22.9 Å². The van der Waals surface area contributed by atoms with Gasteiger partial charge >= 0.3 is 6.09 Å². The largest absolute Gasteiger partial charge is 0.444 e. The monoisotopic (exact) mass is 515 g/mol. The molecule has 1 heterocycles. The summed E-state index contributed by atoms with van der Waals surface area (Å²) in [4.78, 5) is 27.8. The standard InChI is InChI=1S/C28H32F3N3O3/c1-5-22(33-27(36)37-28(2,3)4)26(35)32-14-15-10-17(11-15)23-20-12-19(30)13-21(31)25(20)34-24(23)16-6-8-18(29)9-7-16/h6-9,12-13,15,17,22,34H,5,10-11,14H2,1-4H3,(H,32,35)(H,33,36)/t15?,17?,22-/m1/s1. The fourth-order valence-corrected chi connectivity index (χ4v) is 4.82.